The molecule has 3 heteroatoms. The quantitative estimate of drug-likeness (QED) is 0.219. The lowest BCUT2D eigenvalue weighted by molar-refractivity contribution is 0.547. The third kappa shape index (κ3) is 4.43. The zero-order chi connectivity index (χ0) is 29.7. The van der Waals surface area contributed by atoms with E-state index in [-0.39, 0.29) is 0 Å². The Morgan fingerprint density at radius 1 is 0.644 bits per heavy atom. The van der Waals surface area contributed by atoms with Crippen LogP contribution in [0.5, 0.6) is 0 Å². The van der Waals surface area contributed by atoms with Gasteiger partial charge in [0, 0.05) is 56.1 Å². The molecular weight excluding hydrogens is 548 g/mol. The van der Waals surface area contributed by atoms with E-state index in [4.69, 9.17) is 4.42 Å². The Morgan fingerprint density at radius 3 is 2.22 bits per heavy atom. The van der Waals surface area contributed by atoms with Gasteiger partial charge in [-0.25, -0.2) is 0 Å². The molecule has 0 saturated heterocycles. The maximum atomic E-state index is 6.35. The second-order valence-corrected chi connectivity index (χ2v) is 12.1. The SMILES string of the molecule is C1=CCC(n2c3ccccc3c3cc(-c4ccc(Nc5ccc(-c6cccc7c8c(oc67)CCC=C8)cc5)cc4)ccc32)C=C1. The molecule has 0 aliphatic heterocycles. The summed E-state index contributed by atoms with van der Waals surface area (Å²) in [7, 11) is 0. The normalized spacial score (nSPS) is 15.7. The van der Waals surface area contributed by atoms with Crippen LogP contribution in [-0.4, -0.2) is 4.57 Å². The molecular formula is C42H32N2O. The number of allylic oxidation sites excluding steroid dienone is 5. The maximum absolute atomic E-state index is 6.35. The minimum Gasteiger partial charge on any atom is -0.460 e. The van der Waals surface area contributed by atoms with Crippen LogP contribution in [0.1, 0.15) is 30.2 Å². The van der Waals surface area contributed by atoms with Gasteiger partial charge in [-0.15, -0.1) is 0 Å². The summed E-state index contributed by atoms with van der Waals surface area (Å²) in [4.78, 5) is 0. The Balaban J connectivity index is 0.977. The molecule has 2 heterocycles. The number of benzene rings is 5. The summed E-state index contributed by atoms with van der Waals surface area (Å²) in [5, 5.41) is 7.39. The van der Waals surface area contributed by atoms with Crippen LogP contribution in [0.4, 0.5) is 11.4 Å². The van der Waals surface area contributed by atoms with E-state index in [0.717, 1.165) is 53.1 Å². The fourth-order valence-corrected chi connectivity index (χ4v) is 7.14. The molecule has 45 heavy (non-hydrogen) atoms. The molecule has 5 aromatic carbocycles. The van der Waals surface area contributed by atoms with Crippen molar-refractivity contribution >= 4 is 50.2 Å². The molecule has 2 aliphatic rings. The minimum atomic E-state index is 0.337. The number of para-hydroxylation sites is 2. The molecule has 216 valence electrons. The van der Waals surface area contributed by atoms with Crippen molar-refractivity contribution in [2.45, 2.75) is 25.3 Å². The number of fused-ring (bicyclic) bond motifs is 6. The number of aromatic nitrogens is 1. The monoisotopic (exact) mass is 580 g/mol. The summed E-state index contributed by atoms with van der Waals surface area (Å²) >= 11 is 0. The number of furan rings is 1. The van der Waals surface area contributed by atoms with Gasteiger partial charge in [0.2, 0.25) is 0 Å². The van der Waals surface area contributed by atoms with Gasteiger partial charge < -0.3 is 14.3 Å². The molecule has 9 rings (SSSR count). The lowest BCUT2D eigenvalue weighted by Crippen LogP contribution is -2.06. The molecule has 3 nitrogen and oxygen atoms in total. The first-order chi connectivity index (χ1) is 22.3. The van der Waals surface area contributed by atoms with Crippen molar-refractivity contribution in [3.8, 4) is 22.3 Å². The van der Waals surface area contributed by atoms with Crippen LogP contribution in [-0.2, 0) is 6.42 Å². The van der Waals surface area contributed by atoms with Gasteiger partial charge >= 0.3 is 0 Å². The van der Waals surface area contributed by atoms with E-state index in [9.17, 15) is 0 Å². The molecule has 0 fully saturated rings. The van der Waals surface area contributed by atoms with Crippen molar-refractivity contribution in [2.75, 3.05) is 5.32 Å². The van der Waals surface area contributed by atoms with Crippen molar-refractivity contribution < 1.29 is 4.42 Å². The fourth-order valence-electron chi connectivity index (χ4n) is 7.14. The first-order valence-corrected chi connectivity index (χ1v) is 15.8. The Kier molecular flexibility index (Phi) is 6.09. The van der Waals surface area contributed by atoms with Crippen molar-refractivity contribution in [3.05, 3.63) is 151 Å². The van der Waals surface area contributed by atoms with Crippen molar-refractivity contribution in [2.24, 2.45) is 0 Å². The molecule has 1 atom stereocenters. The molecule has 0 spiro atoms. The second-order valence-electron chi connectivity index (χ2n) is 12.1. The van der Waals surface area contributed by atoms with E-state index in [0.29, 0.717) is 6.04 Å². The summed E-state index contributed by atoms with van der Waals surface area (Å²) in [6.07, 6.45) is 16.3. The van der Waals surface area contributed by atoms with Crippen LogP contribution < -0.4 is 5.32 Å². The molecule has 1 unspecified atom stereocenters. The highest BCUT2D eigenvalue weighted by Crippen LogP contribution is 2.39. The van der Waals surface area contributed by atoms with E-state index < -0.39 is 0 Å². The third-order valence-corrected chi connectivity index (χ3v) is 9.36. The first kappa shape index (κ1) is 25.9. The van der Waals surface area contributed by atoms with Crippen LogP contribution >= 0.6 is 0 Å². The van der Waals surface area contributed by atoms with Gasteiger partial charge in [0.25, 0.3) is 0 Å². The second kappa shape index (κ2) is 10.6. The van der Waals surface area contributed by atoms with Crippen LogP contribution in [0.15, 0.2) is 144 Å². The van der Waals surface area contributed by atoms with E-state index in [2.05, 4.69) is 156 Å². The number of nitrogens with one attached hydrogen (secondary N) is 1. The smallest absolute Gasteiger partial charge is 0.142 e. The lowest BCUT2D eigenvalue weighted by Gasteiger charge is -2.18. The number of anilines is 2. The molecule has 0 radical (unpaired) electrons. The average Bonchev–Trinajstić information content (AvgIpc) is 3.65. The number of nitrogens with zero attached hydrogens (tertiary/aromatic N) is 1. The van der Waals surface area contributed by atoms with Gasteiger partial charge in [-0.3, -0.25) is 0 Å². The van der Waals surface area contributed by atoms with Crippen molar-refractivity contribution in [3.63, 3.8) is 0 Å². The molecule has 2 aromatic heterocycles. The van der Waals surface area contributed by atoms with Crippen LogP contribution in [0.2, 0.25) is 0 Å². The first-order valence-electron chi connectivity index (χ1n) is 15.8. The number of aryl methyl sites for hydroxylation is 1. The van der Waals surface area contributed by atoms with E-state index in [1.54, 1.807) is 0 Å². The summed E-state index contributed by atoms with van der Waals surface area (Å²) in [5.74, 6) is 1.10. The Hall–Kier alpha value is -5.54. The molecule has 0 saturated carbocycles. The van der Waals surface area contributed by atoms with E-state index in [1.165, 1.54) is 43.9 Å². The van der Waals surface area contributed by atoms with E-state index >= 15 is 0 Å². The molecule has 1 N–H and O–H groups in total. The molecule has 0 amide bonds. The Morgan fingerprint density at radius 2 is 1.40 bits per heavy atom. The highest BCUT2D eigenvalue weighted by molar-refractivity contribution is 6.09. The maximum Gasteiger partial charge on any atom is 0.142 e. The fraction of sp³-hybridized carbons (Fsp3) is 0.0952. The van der Waals surface area contributed by atoms with E-state index in [1.807, 2.05) is 0 Å². The van der Waals surface area contributed by atoms with Crippen LogP contribution in [0, 0.1) is 0 Å². The molecule has 2 aliphatic carbocycles. The average molecular weight is 581 g/mol. The number of hydrogen-bond donors (Lipinski definition) is 1. The predicted molar refractivity (Wildman–Crippen MR) is 189 cm³/mol. The summed E-state index contributed by atoms with van der Waals surface area (Å²) < 4.78 is 8.84. The van der Waals surface area contributed by atoms with Gasteiger partial charge in [-0.05, 0) is 72.0 Å². The highest BCUT2D eigenvalue weighted by atomic mass is 16.3. The van der Waals surface area contributed by atoms with Crippen LogP contribution in [0.25, 0.3) is 61.1 Å². The minimum absolute atomic E-state index is 0.337. The predicted octanol–water partition coefficient (Wildman–Crippen LogP) is 11.6. The Bertz CT molecular complexity index is 2310. The van der Waals surface area contributed by atoms with Gasteiger partial charge in [-0.2, -0.15) is 0 Å². The van der Waals surface area contributed by atoms with Gasteiger partial charge in [0.15, 0.2) is 0 Å². The lowest BCUT2D eigenvalue weighted by atomic mass is 9.99. The Labute approximate surface area is 262 Å². The highest BCUT2D eigenvalue weighted by Gasteiger charge is 2.18. The van der Waals surface area contributed by atoms with Gasteiger partial charge in [-0.1, -0.05) is 103 Å². The van der Waals surface area contributed by atoms with Gasteiger partial charge in [0.1, 0.15) is 11.3 Å². The molecule has 0 bridgehead atoms. The zero-order valence-corrected chi connectivity index (χ0v) is 24.9. The topological polar surface area (TPSA) is 30.1 Å². The summed E-state index contributed by atoms with van der Waals surface area (Å²) in [6.45, 7) is 0. The van der Waals surface area contributed by atoms with Crippen molar-refractivity contribution in [1.29, 1.82) is 0 Å². The van der Waals surface area contributed by atoms with Crippen LogP contribution in [0.3, 0.4) is 0 Å². The van der Waals surface area contributed by atoms with Crippen molar-refractivity contribution in [1.82, 2.24) is 4.57 Å². The third-order valence-electron chi connectivity index (χ3n) is 9.36. The number of rotatable bonds is 5. The zero-order valence-electron chi connectivity index (χ0n) is 24.9. The molecule has 7 aromatic rings. The number of hydrogen-bond acceptors (Lipinski definition) is 2. The summed E-state index contributed by atoms with van der Waals surface area (Å²) in [6, 6.07) is 39.9. The summed E-state index contributed by atoms with van der Waals surface area (Å²) in [5.41, 5.74) is 11.6. The standard InChI is InChI=1S/C42H32N2O/c1-2-9-33(10-3-1)44-39-15-6-4-11-35(39)38-27-30(21-26-40(38)44)28-17-22-31(23-18-28)43-32-24-19-29(20-25-32)34-13-8-14-37-36-12-5-7-16-41(36)45-42(34)37/h1-6,8-9,11-15,17-27,33,43H,7,10,16H2. The largest absolute Gasteiger partial charge is 0.460 e. The van der Waals surface area contributed by atoms with Gasteiger partial charge in [0.05, 0.1) is 6.04 Å².